The highest BCUT2D eigenvalue weighted by Gasteiger charge is 2.35. The molecule has 3 rings (SSSR count). The lowest BCUT2D eigenvalue weighted by atomic mass is 9.78. The molecule has 2 aromatic rings. The monoisotopic (exact) mass is 396 g/mol. The molecule has 6 nitrogen and oxygen atoms in total. The van der Waals surface area contributed by atoms with E-state index in [-0.39, 0.29) is 17.7 Å². The first-order valence-electron chi connectivity index (χ1n) is 9.65. The second-order valence-corrected chi connectivity index (χ2v) is 6.73. The number of hydrogen-bond acceptors (Lipinski definition) is 6. The fraction of sp³-hybridized carbons (Fsp3) is 0.348. The SMILES string of the molecule is CCOC(=O)c1c(C(=O)OC)c2c(c(C(=O)OC)c1-c1ccccc1)CCCC2. The van der Waals surface area contributed by atoms with Crippen LogP contribution >= 0.6 is 0 Å². The Morgan fingerprint density at radius 3 is 1.90 bits per heavy atom. The van der Waals surface area contributed by atoms with Gasteiger partial charge in [-0.1, -0.05) is 30.3 Å². The highest BCUT2D eigenvalue weighted by atomic mass is 16.5. The van der Waals surface area contributed by atoms with Gasteiger partial charge in [-0.05, 0) is 49.3 Å². The van der Waals surface area contributed by atoms with Crippen LogP contribution in [-0.2, 0) is 27.1 Å². The lowest BCUT2D eigenvalue weighted by molar-refractivity contribution is 0.0503. The van der Waals surface area contributed by atoms with Crippen LogP contribution < -0.4 is 0 Å². The highest BCUT2D eigenvalue weighted by molar-refractivity contribution is 6.14. The van der Waals surface area contributed by atoms with Crippen LogP contribution in [0.2, 0.25) is 0 Å². The number of fused-ring (bicyclic) bond motifs is 1. The summed E-state index contributed by atoms with van der Waals surface area (Å²) in [4.78, 5) is 38.7. The van der Waals surface area contributed by atoms with E-state index in [4.69, 9.17) is 14.2 Å². The van der Waals surface area contributed by atoms with Crippen LogP contribution in [0.4, 0.5) is 0 Å². The van der Waals surface area contributed by atoms with Gasteiger partial charge in [-0.25, -0.2) is 14.4 Å². The van der Waals surface area contributed by atoms with Crippen LogP contribution in [0.5, 0.6) is 0 Å². The Bertz CT molecular complexity index is 946. The first-order valence-corrected chi connectivity index (χ1v) is 9.65. The Kier molecular flexibility index (Phi) is 6.32. The number of carbonyl (C=O) groups is 3. The summed E-state index contributed by atoms with van der Waals surface area (Å²) in [5.74, 6) is -1.81. The van der Waals surface area contributed by atoms with Crippen LogP contribution in [0.25, 0.3) is 11.1 Å². The van der Waals surface area contributed by atoms with Crippen molar-refractivity contribution in [2.24, 2.45) is 0 Å². The zero-order valence-electron chi connectivity index (χ0n) is 16.9. The van der Waals surface area contributed by atoms with Gasteiger partial charge in [-0.3, -0.25) is 0 Å². The summed E-state index contributed by atoms with van der Waals surface area (Å²) in [6, 6.07) is 9.04. The van der Waals surface area contributed by atoms with Crippen LogP contribution in [0.3, 0.4) is 0 Å². The molecule has 29 heavy (non-hydrogen) atoms. The molecule has 0 amide bonds. The van der Waals surface area contributed by atoms with Gasteiger partial charge in [0, 0.05) is 5.56 Å². The minimum atomic E-state index is -0.662. The summed E-state index contributed by atoms with van der Waals surface area (Å²) < 4.78 is 15.4. The van der Waals surface area contributed by atoms with Gasteiger partial charge in [0.2, 0.25) is 0 Å². The molecule has 0 unspecified atom stereocenters. The van der Waals surface area contributed by atoms with E-state index >= 15 is 0 Å². The smallest absolute Gasteiger partial charge is 0.339 e. The standard InChI is InChI=1S/C23H24O6/c1-4-29-23(26)20-17(14-10-6-5-7-11-14)18(21(24)27-2)15-12-8-9-13-16(15)19(20)22(25)28-3/h5-7,10-11H,4,8-9,12-13H2,1-3H3. The van der Waals surface area contributed by atoms with Gasteiger partial charge < -0.3 is 14.2 Å². The Hall–Kier alpha value is -3.15. The third-order valence-corrected chi connectivity index (χ3v) is 5.14. The van der Waals surface area contributed by atoms with Gasteiger partial charge in [0.15, 0.2) is 0 Å². The van der Waals surface area contributed by atoms with Crippen LogP contribution in [0, 0.1) is 0 Å². The van der Waals surface area contributed by atoms with Crippen molar-refractivity contribution in [3.8, 4) is 11.1 Å². The topological polar surface area (TPSA) is 78.9 Å². The maximum absolute atomic E-state index is 13.0. The number of benzene rings is 2. The zero-order valence-corrected chi connectivity index (χ0v) is 16.9. The molecule has 0 radical (unpaired) electrons. The number of ether oxygens (including phenoxy) is 3. The van der Waals surface area contributed by atoms with E-state index in [1.54, 1.807) is 19.1 Å². The number of methoxy groups -OCH3 is 2. The van der Waals surface area contributed by atoms with E-state index in [2.05, 4.69) is 0 Å². The number of rotatable bonds is 5. The molecule has 0 atom stereocenters. The van der Waals surface area contributed by atoms with Crippen molar-refractivity contribution in [2.75, 3.05) is 20.8 Å². The van der Waals surface area contributed by atoms with E-state index in [0.29, 0.717) is 35.1 Å². The van der Waals surface area contributed by atoms with Gasteiger partial charge >= 0.3 is 17.9 Å². The number of esters is 3. The Balaban J connectivity index is 2.52. The van der Waals surface area contributed by atoms with Crippen molar-refractivity contribution >= 4 is 17.9 Å². The highest BCUT2D eigenvalue weighted by Crippen LogP contribution is 2.40. The van der Waals surface area contributed by atoms with Crippen molar-refractivity contribution < 1.29 is 28.6 Å². The summed E-state index contributed by atoms with van der Waals surface area (Å²) in [6.45, 7) is 1.83. The molecule has 0 aliphatic heterocycles. The molecular formula is C23H24O6. The number of hydrogen-bond donors (Lipinski definition) is 0. The van der Waals surface area contributed by atoms with Gasteiger partial charge in [-0.15, -0.1) is 0 Å². The van der Waals surface area contributed by atoms with E-state index < -0.39 is 17.9 Å². The van der Waals surface area contributed by atoms with E-state index in [0.717, 1.165) is 18.4 Å². The predicted octanol–water partition coefficient (Wildman–Crippen LogP) is 3.98. The molecule has 6 heteroatoms. The van der Waals surface area contributed by atoms with Gasteiger partial charge in [0.25, 0.3) is 0 Å². The predicted molar refractivity (Wildman–Crippen MR) is 107 cm³/mol. The summed E-state index contributed by atoms with van der Waals surface area (Å²) >= 11 is 0. The molecule has 1 aliphatic rings. The van der Waals surface area contributed by atoms with Crippen molar-refractivity contribution in [1.82, 2.24) is 0 Å². The average molecular weight is 396 g/mol. The Morgan fingerprint density at radius 2 is 1.34 bits per heavy atom. The first kappa shape index (κ1) is 20.6. The first-order chi connectivity index (χ1) is 14.0. The Labute approximate surface area is 169 Å². The second kappa shape index (κ2) is 8.90. The van der Waals surface area contributed by atoms with Crippen molar-refractivity contribution in [2.45, 2.75) is 32.6 Å². The average Bonchev–Trinajstić information content (AvgIpc) is 2.77. The molecule has 0 bridgehead atoms. The molecule has 0 heterocycles. The Morgan fingerprint density at radius 1 is 0.793 bits per heavy atom. The molecule has 0 fully saturated rings. The maximum atomic E-state index is 13.0. The third-order valence-electron chi connectivity index (χ3n) is 5.14. The van der Waals surface area contributed by atoms with Gasteiger partial charge in [0.1, 0.15) is 0 Å². The summed E-state index contributed by atoms with van der Waals surface area (Å²) in [5, 5.41) is 0. The second-order valence-electron chi connectivity index (χ2n) is 6.73. The van der Waals surface area contributed by atoms with Crippen molar-refractivity contribution in [1.29, 1.82) is 0 Å². The van der Waals surface area contributed by atoms with E-state index in [1.807, 2.05) is 18.2 Å². The van der Waals surface area contributed by atoms with Crippen molar-refractivity contribution in [3.63, 3.8) is 0 Å². The molecule has 0 saturated carbocycles. The van der Waals surface area contributed by atoms with E-state index in [9.17, 15) is 14.4 Å². The summed E-state index contributed by atoms with van der Waals surface area (Å²) in [7, 11) is 2.59. The fourth-order valence-electron chi connectivity index (χ4n) is 3.96. The quantitative estimate of drug-likeness (QED) is 0.562. The largest absolute Gasteiger partial charge is 0.465 e. The molecule has 0 aromatic heterocycles. The summed E-state index contributed by atoms with van der Waals surface area (Å²) in [5.41, 5.74) is 2.98. The molecular weight excluding hydrogens is 372 g/mol. The van der Waals surface area contributed by atoms with E-state index in [1.165, 1.54) is 14.2 Å². The normalized spacial score (nSPS) is 12.7. The third kappa shape index (κ3) is 3.75. The summed E-state index contributed by atoms with van der Waals surface area (Å²) in [6.07, 6.45) is 2.92. The van der Waals surface area contributed by atoms with Crippen LogP contribution in [0.1, 0.15) is 62.0 Å². The minimum absolute atomic E-state index is 0.0611. The molecule has 1 aliphatic carbocycles. The number of carbonyl (C=O) groups excluding carboxylic acids is 3. The zero-order chi connectivity index (χ0) is 21.0. The molecule has 0 spiro atoms. The lowest BCUT2D eigenvalue weighted by Crippen LogP contribution is -2.24. The maximum Gasteiger partial charge on any atom is 0.339 e. The van der Waals surface area contributed by atoms with Crippen molar-refractivity contribution in [3.05, 3.63) is 58.1 Å². The molecule has 152 valence electrons. The fourth-order valence-corrected chi connectivity index (χ4v) is 3.96. The molecule has 0 N–H and O–H groups in total. The lowest BCUT2D eigenvalue weighted by Gasteiger charge is -2.26. The van der Waals surface area contributed by atoms with Gasteiger partial charge in [-0.2, -0.15) is 0 Å². The molecule has 0 saturated heterocycles. The van der Waals surface area contributed by atoms with Crippen LogP contribution in [0.15, 0.2) is 30.3 Å². The minimum Gasteiger partial charge on any atom is -0.465 e. The van der Waals surface area contributed by atoms with Gasteiger partial charge in [0.05, 0.1) is 37.5 Å². The van der Waals surface area contributed by atoms with Crippen LogP contribution in [-0.4, -0.2) is 38.7 Å². The molecule has 2 aromatic carbocycles.